The number of halogens is 1. The van der Waals surface area contributed by atoms with E-state index in [1.54, 1.807) is 12.1 Å². The normalized spacial score (nSPS) is 11.5. The molecule has 0 heterocycles. The first-order valence-corrected chi connectivity index (χ1v) is 6.15. The van der Waals surface area contributed by atoms with Crippen molar-refractivity contribution in [2.45, 2.75) is 33.4 Å². The molecule has 0 atom stereocenters. The molecule has 0 amide bonds. The highest BCUT2D eigenvalue weighted by Gasteiger charge is 2.03. The van der Waals surface area contributed by atoms with Crippen molar-refractivity contribution in [2.75, 3.05) is 20.1 Å². The average molecular weight is 238 g/mol. The first-order valence-electron chi connectivity index (χ1n) is 6.15. The number of nitrogens with zero attached hydrogens (tertiary/aromatic N) is 1. The van der Waals surface area contributed by atoms with Crippen molar-refractivity contribution in [3.63, 3.8) is 0 Å². The summed E-state index contributed by atoms with van der Waals surface area (Å²) in [5, 5.41) is 3.37. The smallest absolute Gasteiger partial charge is 0.123 e. The van der Waals surface area contributed by atoms with Crippen LogP contribution in [0, 0.1) is 12.7 Å². The maximum absolute atomic E-state index is 13.2. The van der Waals surface area contributed by atoms with Crippen molar-refractivity contribution < 1.29 is 4.39 Å². The molecule has 0 spiro atoms. The van der Waals surface area contributed by atoms with Gasteiger partial charge in [-0.25, -0.2) is 4.39 Å². The van der Waals surface area contributed by atoms with Crippen molar-refractivity contribution in [1.82, 2.24) is 10.2 Å². The molecular formula is C14H23FN2. The lowest BCUT2D eigenvalue weighted by Crippen LogP contribution is -2.32. The van der Waals surface area contributed by atoms with E-state index in [4.69, 9.17) is 0 Å². The van der Waals surface area contributed by atoms with Crippen LogP contribution in [0.5, 0.6) is 0 Å². The molecule has 3 heteroatoms. The van der Waals surface area contributed by atoms with Gasteiger partial charge < -0.3 is 10.2 Å². The van der Waals surface area contributed by atoms with Gasteiger partial charge in [0.1, 0.15) is 5.82 Å². The van der Waals surface area contributed by atoms with Crippen molar-refractivity contribution in [3.8, 4) is 0 Å². The van der Waals surface area contributed by atoms with Crippen molar-refractivity contribution in [3.05, 3.63) is 35.1 Å². The van der Waals surface area contributed by atoms with Gasteiger partial charge in [0.25, 0.3) is 0 Å². The first kappa shape index (κ1) is 14.1. The van der Waals surface area contributed by atoms with E-state index in [0.29, 0.717) is 6.04 Å². The summed E-state index contributed by atoms with van der Waals surface area (Å²) >= 11 is 0. The summed E-state index contributed by atoms with van der Waals surface area (Å²) in [7, 11) is 2.06. The van der Waals surface area contributed by atoms with Crippen LogP contribution in [0.25, 0.3) is 0 Å². The Labute approximate surface area is 104 Å². The Morgan fingerprint density at radius 1 is 1.29 bits per heavy atom. The van der Waals surface area contributed by atoms with Crippen LogP contribution in [-0.4, -0.2) is 31.1 Å². The lowest BCUT2D eigenvalue weighted by atomic mass is 10.1. The standard InChI is InChI=1S/C14H23FN2/c1-11(2)16-5-6-17(4)10-13-7-12(3)8-14(15)9-13/h7-9,11,16H,5-6,10H2,1-4H3. The lowest BCUT2D eigenvalue weighted by molar-refractivity contribution is 0.319. The third-order valence-corrected chi connectivity index (χ3v) is 2.60. The molecule has 1 aromatic carbocycles. The van der Waals surface area contributed by atoms with Crippen LogP contribution in [0.1, 0.15) is 25.0 Å². The average Bonchev–Trinajstić information content (AvgIpc) is 2.14. The van der Waals surface area contributed by atoms with Crippen molar-refractivity contribution in [1.29, 1.82) is 0 Å². The monoisotopic (exact) mass is 238 g/mol. The molecular weight excluding hydrogens is 215 g/mol. The molecule has 0 saturated heterocycles. The van der Waals surface area contributed by atoms with Crippen LogP contribution < -0.4 is 5.32 Å². The second-order valence-electron chi connectivity index (χ2n) is 4.98. The van der Waals surface area contributed by atoms with E-state index in [0.717, 1.165) is 30.8 Å². The molecule has 0 bridgehead atoms. The molecule has 0 saturated carbocycles. The molecule has 0 radical (unpaired) electrons. The van der Waals surface area contributed by atoms with E-state index < -0.39 is 0 Å². The summed E-state index contributed by atoms with van der Waals surface area (Å²) in [6.07, 6.45) is 0. The Hall–Kier alpha value is -0.930. The maximum Gasteiger partial charge on any atom is 0.123 e. The Kier molecular flexibility index (Phi) is 5.59. The SMILES string of the molecule is Cc1cc(F)cc(CN(C)CCNC(C)C)c1. The highest BCUT2D eigenvalue weighted by atomic mass is 19.1. The summed E-state index contributed by atoms with van der Waals surface area (Å²) in [5.74, 6) is -0.145. The van der Waals surface area contributed by atoms with Gasteiger partial charge in [0.15, 0.2) is 0 Å². The maximum atomic E-state index is 13.2. The third kappa shape index (κ3) is 5.80. The van der Waals surface area contributed by atoms with E-state index in [1.807, 2.05) is 13.0 Å². The summed E-state index contributed by atoms with van der Waals surface area (Å²) in [6, 6.07) is 5.72. The largest absolute Gasteiger partial charge is 0.313 e. The van der Waals surface area contributed by atoms with Crippen LogP contribution in [0.4, 0.5) is 4.39 Å². The van der Waals surface area contributed by atoms with Gasteiger partial charge in [-0.3, -0.25) is 0 Å². The van der Waals surface area contributed by atoms with Gasteiger partial charge in [-0.2, -0.15) is 0 Å². The fourth-order valence-corrected chi connectivity index (χ4v) is 1.84. The van der Waals surface area contributed by atoms with Crippen LogP contribution in [0.15, 0.2) is 18.2 Å². The molecule has 17 heavy (non-hydrogen) atoms. The number of nitrogens with one attached hydrogen (secondary N) is 1. The zero-order chi connectivity index (χ0) is 12.8. The van der Waals surface area contributed by atoms with Crippen LogP contribution in [0.3, 0.4) is 0 Å². The molecule has 2 nitrogen and oxygen atoms in total. The highest BCUT2D eigenvalue weighted by molar-refractivity contribution is 5.23. The second-order valence-corrected chi connectivity index (χ2v) is 4.98. The fourth-order valence-electron chi connectivity index (χ4n) is 1.84. The first-order chi connectivity index (χ1) is 7.97. The van der Waals surface area contributed by atoms with Gasteiger partial charge >= 0.3 is 0 Å². The molecule has 1 aromatic rings. The van der Waals surface area contributed by atoms with E-state index >= 15 is 0 Å². The predicted octanol–water partition coefficient (Wildman–Crippen LogP) is 2.56. The summed E-state index contributed by atoms with van der Waals surface area (Å²) in [6.45, 7) is 8.91. The summed E-state index contributed by atoms with van der Waals surface area (Å²) in [4.78, 5) is 2.20. The Bertz CT molecular complexity index is 330. The number of likely N-dealkylation sites (N-methyl/N-ethyl adjacent to an activating group) is 1. The molecule has 0 aliphatic carbocycles. The van der Waals surface area contributed by atoms with Crippen LogP contribution >= 0.6 is 0 Å². The Balaban J connectivity index is 2.42. The minimum atomic E-state index is -0.145. The molecule has 0 unspecified atom stereocenters. The van der Waals surface area contributed by atoms with E-state index in [-0.39, 0.29) is 5.82 Å². The fraction of sp³-hybridized carbons (Fsp3) is 0.571. The van der Waals surface area contributed by atoms with E-state index in [9.17, 15) is 4.39 Å². The predicted molar refractivity (Wildman–Crippen MR) is 70.6 cm³/mol. The van der Waals surface area contributed by atoms with Gasteiger partial charge in [0, 0.05) is 25.7 Å². The minimum Gasteiger partial charge on any atom is -0.313 e. The Morgan fingerprint density at radius 2 is 2.00 bits per heavy atom. The number of aryl methyl sites for hydroxylation is 1. The lowest BCUT2D eigenvalue weighted by Gasteiger charge is -2.18. The summed E-state index contributed by atoms with van der Waals surface area (Å²) in [5.41, 5.74) is 2.02. The molecule has 1 N–H and O–H groups in total. The highest BCUT2D eigenvalue weighted by Crippen LogP contribution is 2.09. The second kappa shape index (κ2) is 6.72. The van der Waals surface area contributed by atoms with Crippen LogP contribution in [-0.2, 0) is 6.54 Å². The van der Waals surface area contributed by atoms with Gasteiger partial charge in [-0.1, -0.05) is 19.9 Å². The number of hydrogen-bond acceptors (Lipinski definition) is 2. The Morgan fingerprint density at radius 3 is 2.59 bits per heavy atom. The van der Waals surface area contributed by atoms with E-state index in [2.05, 4.69) is 31.1 Å². The van der Waals surface area contributed by atoms with Gasteiger partial charge in [0.05, 0.1) is 0 Å². The van der Waals surface area contributed by atoms with Crippen molar-refractivity contribution >= 4 is 0 Å². The topological polar surface area (TPSA) is 15.3 Å². The minimum absolute atomic E-state index is 0.145. The molecule has 0 fully saturated rings. The quantitative estimate of drug-likeness (QED) is 0.819. The number of benzene rings is 1. The summed E-state index contributed by atoms with van der Waals surface area (Å²) < 4.78 is 13.2. The number of rotatable bonds is 6. The molecule has 0 aromatic heterocycles. The zero-order valence-corrected chi connectivity index (χ0v) is 11.3. The molecule has 0 aliphatic rings. The molecule has 1 rings (SSSR count). The van der Waals surface area contributed by atoms with Gasteiger partial charge in [-0.15, -0.1) is 0 Å². The van der Waals surface area contributed by atoms with Crippen LogP contribution in [0.2, 0.25) is 0 Å². The van der Waals surface area contributed by atoms with Crippen molar-refractivity contribution in [2.24, 2.45) is 0 Å². The molecule has 96 valence electrons. The number of hydrogen-bond donors (Lipinski definition) is 1. The van der Waals surface area contributed by atoms with Gasteiger partial charge in [0.2, 0.25) is 0 Å². The third-order valence-electron chi connectivity index (χ3n) is 2.60. The van der Waals surface area contributed by atoms with Gasteiger partial charge in [-0.05, 0) is 37.2 Å². The zero-order valence-electron chi connectivity index (χ0n) is 11.3. The van der Waals surface area contributed by atoms with E-state index in [1.165, 1.54) is 0 Å². The molecule has 0 aliphatic heterocycles.